The van der Waals surface area contributed by atoms with Crippen LogP contribution in [0, 0.1) is 6.92 Å². The second-order valence-corrected chi connectivity index (χ2v) is 7.65. The highest BCUT2D eigenvalue weighted by molar-refractivity contribution is 8.00. The van der Waals surface area contributed by atoms with E-state index in [4.69, 9.17) is 9.84 Å². The van der Waals surface area contributed by atoms with Crippen LogP contribution in [0.4, 0.5) is 0 Å². The van der Waals surface area contributed by atoms with E-state index in [2.05, 4.69) is 31.2 Å². The van der Waals surface area contributed by atoms with E-state index in [1.54, 1.807) is 24.3 Å². The zero-order valence-electron chi connectivity index (χ0n) is 14.4. The van der Waals surface area contributed by atoms with Crippen LogP contribution in [0.3, 0.4) is 0 Å². The maximum atomic E-state index is 12.3. The SMILES string of the molecule is Cc1ccc(SC2CCN(C(=O)COc3ccc(CO)cc3)C2)cc1. The summed E-state index contributed by atoms with van der Waals surface area (Å²) >= 11 is 1.84. The average Bonchev–Trinajstić information content (AvgIpc) is 3.10. The lowest BCUT2D eigenvalue weighted by atomic mass is 10.2. The van der Waals surface area contributed by atoms with Gasteiger partial charge >= 0.3 is 0 Å². The van der Waals surface area contributed by atoms with Crippen LogP contribution in [0.1, 0.15) is 17.5 Å². The Balaban J connectivity index is 1.46. The summed E-state index contributed by atoms with van der Waals surface area (Å²) in [4.78, 5) is 15.5. The Morgan fingerprint density at radius 2 is 1.92 bits per heavy atom. The molecule has 0 saturated carbocycles. The number of likely N-dealkylation sites (tertiary alicyclic amines) is 1. The van der Waals surface area contributed by atoms with Gasteiger partial charge in [-0.25, -0.2) is 0 Å². The maximum Gasteiger partial charge on any atom is 0.260 e. The molecule has 3 rings (SSSR count). The number of carbonyl (C=O) groups excluding carboxylic acids is 1. The summed E-state index contributed by atoms with van der Waals surface area (Å²) in [7, 11) is 0. The Morgan fingerprint density at radius 3 is 2.60 bits per heavy atom. The molecule has 1 unspecified atom stereocenters. The van der Waals surface area contributed by atoms with Crippen LogP contribution in [0.5, 0.6) is 5.75 Å². The zero-order valence-corrected chi connectivity index (χ0v) is 15.2. The van der Waals surface area contributed by atoms with E-state index in [1.807, 2.05) is 16.7 Å². The van der Waals surface area contributed by atoms with Crippen molar-refractivity contribution in [2.24, 2.45) is 0 Å². The van der Waals surface area contributed by atoms with Gasteiger partial charge in [0.1, 0.15) is 5.75 Å². The number of carbonyl (C=O) groups is 1. The number of thioether (sulfide) groups is 1. The monoisotopic (exact) mass is 357 g/mol. The summed E-state index contributed by atoms with van der Waals surface area (Å²) in [6.07, 6.45) is 1.01. The molecule has 1 aliphatic heterocycles. The zero-order chi connectivity index (χ0) is 17.6. The lowest BCUT2D eigenvalue weighted by Gasteiger charge is -2.17. The molecule has 1 fully saturated rings. The van der Waals surface area contributed by atoms with Gasteiger partial charge in [0.25, 0.3) is 5.91 Å². The van der Waals surface area contributed by atoms with Crippen LogP contribution in [-0.4, -0.2) is 40.9 Å². The van der Waals surface area contributed by atoms with Gasteiger partial charge in [-0.1, -0.05) is 29.8 Å². The lowest BCUT2D eigenvalue weighted by Crippen LogP contribution is -2.33. The Hall–Kier alpha value is -1.98. The number of benzene rings is 2. The molecule has 2 aromatic carbocycles. The van der Waals surface area contributed by atoms with Crippen molar-refractivity contribution in [3.05, 3.63) is 59.7 Å². The van der Waals surface area contributed by atoms with Gasteiger partial charge in [-0.15, -0.1) is 11.8 Å². The van der Waals surface area contributed by atoms with Crippen LogP contribution in [-0.2, 0) is 11.4 Å². The molecule has 2 aromatic rings. The number of hydrogen-bond acceptors (Lipinski definition) is 4. The fourth-order valence-corrected chi connectivity index (χ4v) is 3.94. The molecule has 4 nitrogen and oxygen atoms in total. The Bertz CT molecular complexity index is 700. The van der Waals surface area contributed by atoms with Crippen LogP contribution in [0.2, 0.25) is 0 Å². The third-order valence-corrected chi connectivity index (χ3v) is 5.55. The van der Waals surface area contributed by atoms with E-state index in [-0.39, 0.29) is 19.1 Å². The molecule has 1 saturated heterocycles. The molecule has 1 amide bonds. The Morgan fingerprint density at radius 1 is 1.20 bits per heavy atom. The van der Waals surface area contributed by atoms with Gasteiger partial charge in [0, 0.05) is 23.2 Å². The topological polar surface area (TPSA) is 49.8 Å². The molecule has 0 aliphatic carbocycles. The number of rotatable bonds is 6. The van der Waals surface area contributed by atoms with Crippen LogP contribution >= 0.6 is 11.8 Å². The Kier molecular flexibility index (Phi) is 6.00. The van der Waals surface area contributed by atoms with Gasteiger partial charge < -0.3 is 14.7 Å². The first kappa shape index (κ1) is 17.8. The molecule has 0 spiro atoms. The number of aryl methyl sites for hydroxylation is 1. The fraction of sp³-hybridized carbons (Fsp3) is 0.350. The minimum absolute atomic E-state index is 0.00697. The van der Waals surface area contributed by atoms with Crippen molar-refractivity contribution in [3.63, 3.8) is 0 Å². The third kappa shape index (κ3) is 5.00. The molecule has 1 N–H and O–H groups in total. The van der Waals surface area contributed by atoms with E-state index in [0.717, 1.165) is 25.1 Å². The predicted octanol–water partition coefficient (Wildman–Crippen LogP) is 3.26. The molecule has 132 valence electrons. The van der Waals surface area contributed by atoms with Gasteiger partial charge in [0.15, 0.2) is 6.61 Å². The Labute approximate surface area is 152 Å². The van der Waals surface area contributed by atoms with Crippen molar-refractivity contribution in [2.75, 3.05) is 19.7 Å². The summed E-state index contributed by atoms with van der Waals surface area (Å²) in [6.45, 7) is 3.70. The lowest BCUT2D eigenvalue weighted by molar-refractivity contribution is -0.132. The number of aliphatic hydroxyl groups is 1. The summed E-state index contributed by atoms with van der Waals surface area (Å²) in [5, 5.41) is 9.47. The number of amides is 1. The van der Waals surface area contributed by atoms with Gasteiger partial charge in [-0.3, -0.25) is 4.79 Å². The largest absolute Gasteiger partial charge is 0.484 e. The first-order valence-corrected chi connectivity index (χ1v) is 9.36. The first-order chi connectivity index (χ1) is 12.1. The van der Waals surface area contributed by atoms with E-state index < -0.39 is 0 Å². The summed E-state index contributed by atoms with van der Waals surface area (Å²) in [6, 6.07) is 15.7. The first-order valence-electron chi connectivity index (χ1n) is 8.48. The number of nitrogens with zero attached hydrogens (tertiary/aromatic N) is 1. The average molecular weight is 357 g/mol. The molecular weight excluding hydrogens is 334 g/mol. The van der Waals surface area contributed by atoms with Crippen LogP contribution in [0.25, 0.3) is 0 Å². The van der Waals surface area contributed by atoms with Crippen LogP contribution < -0.4 is 4.74 Å². The normalized spacial score (nSPS) is 16.9. The fourth-order valence-electron chi connectivity index (χ4n) is 2.79. The highest BCUT2D eigenvalue weighted by atomic mass is 32.2. The maximum absolute atomic E-state index is 12.3. The molecule has 0 aromatic heterocycles. The standard InChI is InChI=1S/C20H23NO3S/c1-15-2-8-18(9-3-15)25-19-10-11-21(12-19)20(23)14-24-17-6-4-16(13-22)5-7-17/h2-9,19,22H,10-14H2,1H3. The molecular formula is C20H23NO3S. The second-order valence-electron chi connectivity index (χ2n) is 6.27. The second kappa shape index (κ2) is 8.41. The molecule has 1 atom stereocenters. The highest BCUT2D eigenvalue weighted by Crippen LogP contribution is 2.30. The van der Waals surface area contributed by atoms with E-state index >= 15 is 0 Å². The summed E-state index contributed by atoms with van der Waals surface area (Å²) in [5.74, 6) is 0.675. The molecule has 25 heavy (non-hydrogen) atoms. The van der Waals surface area contributed by atoms with Gasteiger partial charge in [-0.2, -0.15) is 0 Å². The molecule has 1 aliphatic rings. The van der Waals surface area contributed by atoms with Crippen molar-refractivity contribution < 1.29 is 14.6 Å². The van der Waals surface area contributed by atoms with E-state index in [9.17, 15) is 4.79 Å². The van der Waals surface area contributed by atoms with Gasteiger partial charge in [0.05, 0.1) is 6.61 Å². The number of aliphatic hydroxyl groups excluding tert-OH is 1. The van der Waals surface area contributed by atoms with Gasteiger partial charge in [-0.05, 0) is 43.2 Å². The van der Waals surface area contributed by atoms with E-state index in [0.29, 0.717) is 11.0 Å². The quantitative estimate of drug-likeness (QED) is 0.862. The molecule has 0 radical (unpaired) electrons. The molecule has 5 heteroatoms. The summed E-state index contributed by atoms with van der Waals surface area (Å²) in [5.41, 5.74) is 2.09. The predicted molar refractivity (Wildman–Crippen MR) is 99.9 cm³/mol. The molecule has 0 bridgehead atoms. The number of hydrogen-bond donors (Lipinski definition) is 1. The van der Waals surface area contributed by atoms with Crippen molar-refractivity contribution in [2.45, 2.75) is 30.1 Å². The van der Waals surface area contributed by atoms with Crippen molar-refractivity contribution in [1.29, 1.82) is 0 Å². The third-order valence-electron chi connectivity index (χ3n) is 4.29. The minimum Gasteiger partial charge on any atom is -0.484 e. The summed E-state index contributed by atoms with van der Waals surface area (Å²) < 4.78 is 5.57. The van der Waals surface area contributed by atoms with Crippen molar-refractivity contribution >= 4 is 17.7 Å². The smallest absolute Gasteiger partial charge is 0.260 e. The number of ether oxygens (including phenoxy) is 1. The van der Waals surface area contributed by atoms with Crippen molar-refractivity contribution in [1.82, 2.24) is 4.90 Å². The highest BCUT2D eigenvalue weighted by Gasteiger charge is 2.27. The van der Waals surface area contributed by atoms with Crippen LogP contribution in [0.15, 0.2) is 53.4 Å². The minimum atomic E-state index is 0.00697. The molecule has 1 heterocycles. The van der Waals surface area contributed by atoms with E-state index in [1.165, 1.54) is 10.5 Å². The van der Waals surface area contributed by atoms with Gasteiger partial charge in [0.2, 0.25) is 0 Å². The van der Waals surface area contributed by atoms with Crippen molar-refractivity contribution in [3.8, 4) is 5.75 Å².